The smallest absolute Gasteiger partial charge is 0.261 e. The van der Waals surface area contributed by atoms with E-state index in [9.17, 15) is 9.90 Å². The van der Waals surface area contributed by atoms with Crippen LogP contribution in [0.4, 0.5) is 5.69 Å². The van der Waals surface area contributed by atoms with E-state index in [0.29, 0.717) is 5.69 Å². The summed E-state index contributed by atoms with van der Waals surface area (Å²) in [6, 6.07) is 27.9. The first kappa shape index (κ1) is 26.7. The summed E-state index contributed by atoms with van der Waals surface area (Å²) in [5.74, 6) is 0.311. The predicted molar refractivity (Wildman–Crippen MR) is 145 cm³/mol. The van der Waals surface area contributed by atoms with Crippen LogP contribution in [0.15, 0.2) is 84.9 Å². The highest BCUT2D eigenvalue weighted by molar-refractivity contribution is 6.99. The Morgan fingerprint density at radius 1 is 0.914 bits per heavy atom. The van der Waals surface area contributed by atoms with Crippen molar-refractivity contribution in [2.45, 2.75) is 45.3 Å². The Kier molecular flexibility index (Phi) is 8.89. The molecule has 35 heavy (non-hydrogen) atoms. The molecule has 3 aromatic carbocycles. The van der Waals surface area contributed by atoms with Gasteiger partial charge in [0, 0.05) is 12.1 Å². The van der Waals surface area contributed by atoms with Gasteiger partial charge >= 0.3 is 0 Å². The van der Waals surface area contributed by atoms with Gasteiger partial charge in [0.15, 0.2) is 0 Å². The molecule has 0 aliphatic heterocycles. The van der Waals surface area contributed by atoms with Crippen molar-refractivity contribution in [3.63, 3.8) is 0 Å². The van der Waals surface area contributed by atoms with Gasteiger partial charge in [-0.15, -0.1) is 0 Å². The van der Waals surface area contributed by atoms with Crippen molar-refractivity contribution in [2.75, 3.05) is 19.0 Å². The molecule has 0 heterocycles. The van der Waals surface area contributed by atoms with Crippen LogP contribution in [0.3, 0.4) is 0 Å². The van der Waals surface area contributed by atoms with Crippen LogP contribution in [0.1, 0.15) is 34.1 Å². The van der Waals surface area contributed by atoms with E-state index >= 15 is 0 Å². The van der Waals surface area contributed by atoms with Crippen LogP contribution in [0.5, 0.6) is 5.75 Å². The quantitative estimate of drug-likeness (QED) is 0.407. The Balaban J connectivity index is 1.74. The minimum Gasteiger partial charge on any atom is -0.497 e. The number of aliphatic hydroxyl groups excluding tert-OH is 1. The van der Waals surface area contributed by atoms with Crippen LogP contribution < -0.4 is 20.4 Å². The Labute approximate surface area is 210 Å². The van der Waals surface area contributed by atoms with Crippen LogP contribution in [0, 0.1) is 5.92 Å². The second-order valence-electron chi connectivity index (χ2n) is 10.00. The number of rotatable bonds is 10. The lowest BCUT2D eigenvalue weighted by molar-refractivity contribution is -0.118. The van der Waals surface area contributed by atoms with Gasteiger partial charge in [-0.3, -0.25) is 4.79 Å². The lowest BCUT2D eigenvalue weighted by Gasteiger charge is -2.43. The van der Waals surface area contributed by atoms with Gasteiger partial charge in [0.2, 0.25) is 5.91 Å². The van der Waals surface area contributed by atoms with Crippen molar-refractivity contribution in [2.24, 2.45) is 5.92 Å². The van der Waals surface area contributed by atoms with E-state index in [0.717, 1.165) is 16.1 Å². The third-order valence-corrected chi connectivity index (χ3v) is 11.4. The molecule has 0 aliphatic carbocycles. The largest absolute Gasteiger partial charge is 0.497 e. The minimum atomic E-state index is -2.74. The second kappa shape index (κ2) is 11.7. The average Bonchev–Trinajstić information content (AvgIpc) is 2.85. The first-order valence-corrected chi connectivity index (χ1v) is 13.9. The molecule has 1 amide bonds. The summed E-state index contributed by atoms with van der Waals surface area (Å²) in [5.41, 5.74) is 0.695. The Bertz CT molecular complexity index is 1030. The molecule has 2 N–H and O–H groups in total. The molecule has 0 radical (unpaired) electrons. The van der Waals surface area contributed by atoms with Crippen molar-refractivity contribution in [3.8, 4) is 5.75 Å². The normalized spacial score (nSPS) is 13.7. The molecule has 0 saturated carbocycles. The number of ether oxygens (including phenoxy) is 1. The van der Waals surface area contributed by atoms with E-state index in [4.69, 9.17) is 9.16 Å². The van der Waals surface area contributed by atoms with E-state index in [1.807, 2.05) is 43.3 Å². The van der Waals surface area contributed by atoms with Gasteiger partial charge in [0.05, 0.1) is 19.8 Å². The zero-order valence-electron chi connectivity index (χ0n) is 21.3. The van der Waals surface area contributed by atoms with E-state index < -0.39 is 14.4 Å². The number of amides is 1. The lowest BCUT2D eigenvalue weighted by Crippen LogP contribution is -2.67. The number of nitrogens with one attached hydrogen (secondary N) is 1. The fraction of sp³-hybridized carbons (Fsp3) is 0.345. The van der Waals surface area contributed by atoms with E-state index in [1.54, 1.807) is 31.4 Å². The Morgan fingerprint density at radius 3 is 1.89 bits per heavy atom. The van der Waals surface area contributed by atoms with Crippen LogP contribution in [0.2, 0.25) is 5.04 Å². The van der Waals surface area contributed by atoms with E-state index in [2.05, 4.69) is 50.4 Å². The van der Waals surface area contributed by atoms with Crippen molar-refractivity contribution in [1.29, 1.82) is 0 Å². The third-order valence-electron chi connectivity index (χ3n) is 6.43. The van der Waals surface area contributed by atoms with Crippen LogP contribution in [-0.4, -0.2) is 39.2 Å². The van der Waals surface area contributed by atoms with Gasteiger partial charge in [-0.1, -0.05) is 88.4 Å². The summed E-state index contributed by atoms with van der Waals surface area (Å²) in [4.78, 5) is 12.6. The SMILES string of the molecule is COc1ccc(NC(=O)C[C@H](C)[C@H](O)CO[Si](c2ccccc2)(c2ccccc2)C(C)(C)C)cc1. The van der Waals surface area contributed by atoms with Gasteiger partial charge < -0.3 is 19.6 Å². The molecule has 0 bridgehead atoms. The summed E-state index contributed by atoms with van der Waals surface area (Å²) in [6.45, 7) is 8.66. The number of hydrogen-bond acceptors (Lipinski definition) is 4. The fourth-order valence-corrected chi connectivity index (χ4v) is 9.03. The van der Waals surface area contributed by atoms with Gasteiger partial charge in [-0.25, -0.2) is 0 Å². The van der Waals surface area contributed by atoms with Gasteiger partial charge in [-0.05, 0) is 45.6 Å². The maximum absolute atomic E-state index is 12.6. The van der Waals surface area contributed by atoms with Crippen LogP contribution in [0.25, 0.3) is 0 Å². The zero-order valence-corrected chi connectivity index (χ0v) is 22.3. The molecule has 3 rings (SSSR count). The van der Waals surface area contributed by atoms with Crippen molar-refractivity contribution < 1.29 is 19.1 Å². The number of benzene rings is 3. The van der Waals surface area contributed by atoms with E-state index in [-0.39, 0.29) is 29.9 Å². The molecule has 5 nitrogen and oxygen atoms in total. The second-order valence-corrected chi connectivity index (χ2v) is 14.3. The molecule has 0 fully saturated rings. The van der Waals surface area contributed by atoms with Crippen LogP contribution in [-0.2, 0) is 9.22 Å². The fourth-order valence-electron chi connectivity index (χ4n) is 4.45. The molecule has 0 spiro atoms. The molecular formula is C29H37NO4Si. The summed E-state index contributed by atoms with van der Waals surface area (Å²) in [6.07, 6.45) is -0.588. The molecule has 0 saturated heterocycles. The highest BCUT2D eigenvalue weighted by Crippen LogP contribution is 2.37. The van der Waals surface area contributed by atoms with Crippen molar-refractivity contribution in [3.05, 3.63) is 84.9 Å². The summed E-state index contributed by atoms with van der Waals surface area (Å²) < 4.78 is 12.0. The number of carbonyl (C=O) groups excluding carboxylic acids is 1. The number of hydrogen-bond donors (Lipinski definition) is 2. The monoisotopic (exact) mass is 491 g/mol. The first-order valence-electron chi connectivity index (χ1n) is 12.0. The van der Waals surface area contributed by atoms with Gasteiger partial charge in [0.25, 0.3) is 8.32 Å². The molecule has 186 valence electrons. The molecule has 6 heteroatoms. The van der Waals surface area contributed by atoms with E-state index in [1.165, 1.54) is 0 Å². The standard InChI is InChI=1S/C29H37NO4Si/c1-22(20-28(32)30-23-16-18-24(33-5)19-17-23)27(31)21-34-35(29(2,3)4,25-12-8-6-9-13-25)26-14-10-7-11-15-26/h6-19,22,27,31H,20-21H2,1-5H3,(H,30,32)/t22-,27+/m0/s1. The van der Waals surface area contributed by atoms with Crippen molar-refractivity contribution in [1.82, 2.24) is 0 Å². The topological polar surface area (TPSA) is 67.8 Å². The molecule has 3 aromatic rings. The Hall–Kier alpha value is -2.93. The number of anilines is 1. The minimum absolute atomic E-state index is 0.146. The summed E-state index contributed by atoms with van der Waals surface area (Å²) in [7, 11) is -1.14. The number of methoxy groups -OCH3 is 1. The third kappa shape index (κ3) is 6.39. The van der Waals surface area contributed by atoms with Gasteiger partial charge in [0.1, 0.15) is 5.75 Å². The maximum atomic E-state index is 12.6. The summed E-state index contributed by atoms with van der Waals surface area (Å²) in [5, 5.41) is 16.1. The molecule has 0 unspecified atom stereocenters. The van der Waals surface area contributed by atoms with Gasteiger partial charge in [-0.2, -0.15) is 0 Å². The number of aliphatic hydroxyl groups is 1. The lowest BCUT2D eigenvalue weighted by atomic mass is 10.0. The molecule has 0 aliphatic rings. The molecular weight excluding hydrogens is 454 g/mol. The molecule has 2 atom stereocenters. The number of carbonyl (C=O) groups is 1. The average molecular weight is 492 g/mol. The maximum Gasteiger partial charge on any atom is 0.261 e. The van der Waals surface area contributed by atoms with Crippen LogP contribution >= 0.6 is 0 Å². The highest BCUT2D eigenvalue weighted by Gasteiger charge is 2.50. The molecule has 0 aromatic heterocycles. The Morgan fingerprint density at radius 2 is 1.43 bits per heavy atom. The van der Waals surface area contributed by atoms with Crippen molar-refractivity contribution >= 4 is 30.3 Å². The summed E-state index contributed by atoms with van der Waals surface area (Å²) >= 11 is 0. The first-order chi connectivity index (χ1) is 16.7. The highest BCUT2D eigenvalue weighted by atomic mass is 28.4. The zero-order chi connectivity index (χ0) is 25.5. The predicted octanol–water partition coefficient (Wildman–Crippen LogP) is 4.60.